The van der Waals surface area contributed by atoms with Crippen LogP contribution in [0.25, 0.3) is 11.3 Å². The monoisotopic (exact) mass is 586 g/mol. The van der Waals surface area contributed by atoms with E-state index in [1.165, 1.54) is 4.90 Å². The lowest BCUT2D eigenvalue weighted by Gasteiger charge is -2.27. The van der Waals surface area contributed by atoms with E-state index in [4.69, 9.17) is 14.5 Å². The van der Waals surface area contributed by atoms with Gasteiger partial charge in [-0.3, -0.25) is 14.4 Å². The van der Waals surface area contributed by atoms with Gasteiger partial charge in [0.2, 0.25) is 5.95 Å². The zero-order valence-corrected chi connectivity index (χ0v) is 25.7. The van der Waals surface area contributed by atoms with Gasteiger partial charge in [0.25, 0.3) is 5.91 Å². The number of amides is 2. The summed E-state index contributed by atoms with van der Waals surface area (Å²) in [7, 11) is 1.61. The molecule has 1 fully saturated rings. The normalized spacial score (nSPS) is 17.9. The van der Waals surface area contributed by atoms with E-state index in [-0.39, 0.29) is 23.9 Å². The molecule has 43 heavy (non-hydrogen) atoms. The van der Waals surface area contributed by atoms with Crippen molar-refractivity contribution in [1.82, 2.24) is 25.1 Å². The number of hydrogen-bond acceptors (Lipinski definition) is 9. The Kier molecular flexibility index (Phi) is 7.88. The molecule has 1 aliphatic carbocycles. The number of carbonyl (C=O) groups is 2. The zero-order chi connectivity index (χ0) is 31.1. The van der Waals surface area contributed by atoms with Crippen LogP contribution < -0.4 is 15.5 Å². The van der Waals surface area contributed by atoms with Gasteiger partial charge in [-0.15, -0.1) is 0 Å². The fourth-order valence-electron chi connectivity index (χ4n) is 5.25. The first kappa shape index (κ1) is 30.0. The van der Waals surface area contributed by atoms with Gasteiger partial charge in [0.05, 0.1) is 23.6 Å². The molecule has 12 heteroatoms. The highest BCUT2D eigenvalue weighted by atomic mass is 16.6. The highest BCUT2D eigenvalue weighted by Crippen LogP contribution is 2.45. The zero-order valence-electron chi connectivity index (χ0n) is 25.7. The van der Waals surface area contributed by atoms with E-state index in [1.54, 1.807) is 36.2 Å². The maximum absolute atomic E-state index is 13.2. The average Bonchev–Trinajstić information content (AvgIpc) is 3.56. The van der Waals surface area contributed by atoms with Crippen LogP contribution in [0.3, 0.4) is 0 Å². The summed E-state index contributed by atoms with van der Waals surface area (Å²) in [5.41, 5.74) is 2.08. The third-order valence-electron chi connectivity index (χ3n) is 7.30. The van der Waals surface area contributed by atoms with Gasteiger partial charge in [-0.2, -0.15) is 10.4 Å². The van der Waals surface area contributed by atoms with E-state index in [2.05, 4.69) is 26.8 Å². The van der Waals surface area contributed by atoms with Crippen molar-refractivity contribution in [2.45, 2.75) is 77.5 Å². The van der Waals surface area contributed by atoms with Crippen LogP contribution in [0.15, 0.2) is 30.5 Å². The first-order chi connectivity index (χ1) is 20.3. The molecule has 1 aliphatic heterocycles. The second-order valence-electron chi connectivity index (χ2n) is 12.7. The Morgan fingerprint density at radius 1 is 1.23 bits per heavy atom. The van der Waals surface area contributed by atoms with Crippen molar-refractivity contribution in [2.24, 2.45) is 0 Å². The molecule has 2 aromatic heterocycles. The molecular formula is C31H38N8O4. The third kappa shape index (κ3) is 6.32. The number of carbonyl (C=O) groups excluding carboxylic acids is 2. The van der Waals surface area contributed by atoms with Crippen molar-refractivity contribution in [3.05, 3.63) is 47.3 Å². The molecule has 3 aromatic rings. The SMILES string of the molecule is COC[C@@]1(C)CN(C(=O)OC(C)(C)C)c2c(C#N)cc(-c3ccnc(Nc4cc(C(=O)NC5CC5)n(C(C)C)n4)n3)cc21. The molecule has 1 atom stereocenters. The quantitative estimate of drug-likeness (QED) is 0.368. The number of nitriles is 1. The first-order valence-corrected chi connectivity index (χ1v) is 14.4. The molecule has 2 N–H and O–H groups in total. The maximum Gasteiger partial charge on any atom is 0.414 e. The molecule has 5 rings (SSSR count). The van der Waals surface area contributed by atoms with Crippen LogP contribution in [-0.2, 0) is 14.9 Å². The van der Waals surface area contributed by atoms with Crippen molar-refractivity contribution in [1.29, 1.82) is 5.26 Å². The van der Waals surface area contributed by atoms with Crippen LogP contribution in [0.2, 0.25) is 0 Å². The highest BCUT2D eigenvalue weighted by Gasteiger charge is 2.45. The van der Waals surface area contributed by atoms with E-state index in [0.29, 0.717) is 47.2 Å². The van der Waals surface area contributed by atoms with E-state index >= 15 is 0 Å². The smallest absolute Gasteiger partial charge is 0.414 e. The Morgan fingerprint density at radius 2 is 1.98 bits per heavy atom. The van der Waals surface area contributed by atoms with Gasteiger partial charge in [0, 0.05) is 49.0 Å². The Bertz CT molecular complexity index is 1600. The number of anilines is 3. The molecule has 226 valence electrons. The number of rotatable bonds is 8. The summed E-state index contributed by atoms with van der Waals surface area (Å²) in [5.74, 6) is 0.571. The van der Waals surface area contributed by atoms with Crippen LogP contribution in [0, 0.1) is 11.3 Å². The Balaban J connectivity index is 1.49. The molecule has 0 radical (unpaired) electrons. The lowest BCUT2D eigenvalue weighted by molar-refractivity contribution is 0.0570. The second kappa shape index (κ2) is 11.3. The predicted molar refractivity (Wildman–Crippen MR) is 161 cm³/mol. The molecule has 2 aliphatic rings. The predicted octanol–water partition coefficient (Wildman–Crippen LogP) is 5.09. The summed E-state index contributed by atoms with van der Waals surface area (Å²) in [5, 5.41) is 20.9. The molecule has 0 bridgehead atoms. The van der Waals surface area contributed by atoms with Crippen LogP contribution in [0.4, 0.5) is 22.2 Å². The van der Waals surface area contributed by atoms with Gasteiger partial charge >= 0.3 is 6.09 Å². The average molecular weight is 587 g/mol. The molecule has 0 saturated heterocycles. The number of hydrogen-bond donors (Lipinski definition) is 2. The molecular weight excluding hydrogens is 548 g/mol. The van der Waals surface area contributed by atoms with Gasteiger partial charge in [0.1, 0.15) is 17.4 Å². The molecule has 2 amide bonds. The van der Waals surface area contributed by atoms with Gasteiger partial charge in [-0.05, 0) is 71.2 Å². The van der Waals surface area contributed by atoms with Gasteiger partial charge in [0.15, 0.2) is 5.82 Å². The summed E-state index contributed by atoms with van der Waals surface area (Å²) in [6.07, 6.45) is 3.09. The van der Waals surface area contributed by atoms with Crippen LogP contribution in [0.1, 0.15) is 82.0 Å². The minimum absolute atomic E-state index is 0.0276. The van der Waals surface area contributed by atoms with Crippen molar-refractivity contribution >= 4 is 29.5 Å². The Hall–Kier alpha value is -4.50. The molecule has 1 aromatic carbocycles. The van der Waals surface area contributed by atoms with Crippen molar-refractivity contribution < 1.29 is 19.1 Å². The second-order valence-corrected chi connectivity index (χ2v) is 12.7. The number of fused-ring (bicyclic) bond motifs is 1. The number of aromatic nitrogens is 4. The Morgan fingerprint density at radius 3 is 2.60 bits per heavy atom. The van der Waals surface area contributed by atoms with E-state index in [9.17, 15) is 14.9 Å². The Labute approximate surface area is 251 Å². The number of benzene rings is 1. The fourth-order valence-corrected chi connectivity index (χ4v) is 5.25. The standard InChI is InChI=1S/C31H38N8O4/c1-18(2)39-24(27(40)34-21-8-9-21)14-25(37-39)36-28-33-11-10-23(35-28)19-12-20(15-32)26-22(13-19)31(6,17-42-7)16-38(26)29(41)43-30(3,4)5/h10-14,18,21H,8-9,16-17H2,1-7H3,(H,34,40)(H,33,35,36,37)/t31-/m1/s1. The van der Waals surface area contributed by atoms with Crippen LogP contribution in [-0.4, -0.2) is 63.7 Å². The number of nitrogens with one attached hydrogen (secondary N) is 2. The number of methoxy groups -OCH3 is 1. The third-order valence-corrected chi connectivity index (χ3v) is 7.30. The lowest BCUT2D eigenvalue weighted by atomic mass is 9.83. The molecule has 12 nitrogen and oxygen atoms in total. The maximum atomic E-state index is 13.2. The topological polar surface area (TPSA) is 147 Å². The fraction of sp³-hybridized carbons (Fsp3) is 0.484. The van der Waals surface area contributed by atoms with Crippen LogP contribution >= 0.6 is 0 Å². The first-order valence-electron chi connectivity index (χ1n) is 14.4. The van der Waals surface area contributed by atoms with E-state index in [1.807, 2.05) is 47.6 Å². The molecule has 0 spiro atoms. The minimum atomic E-state index is -0.693. The van der Waals surface area contributed by atoms with Crippen LogP contribution in [0.5, 0.6) is 0 Å². The van der Waals surface area contributed by atoms with Crippen molar-refractivity contribution in [3.8, 4) is 17.3 Å². The number of ether oxygens (including phenoxy) is 2. The summed E-state index contributed by atoms with van der Waals surface area (Å²) in [6.45, 7) is 12.0. The van der Waals surface area contributed by atoms with Crippen molar-refractivity contribution in [3.63, 3.8) is 0 Å². The largest absolute Gasteiger partial charge is 0.443 e. The van der Waals surface area contributed by atoms with Gasteiger partial charge in [-0.1, -0.05) is 6.92 Å². The summed E-state index contributed by atoms with van der Waals surface area (Å²) >= 11 is 0. The summed E-state index contributed by atoms with van der Waals surface area (Å²) < 4.78 is 12.9. The lowest BCUT2D eigenvalue weighted by Crippen LogP contribution is -2.40. The summed E-state index contributed by atoms with van der Waals surface area (Å²) in [4.78, 5) is 36.6. The van der Waals surface area contributed by atoms with Gasteiger partial charge < -0.3 is 20.1 Å². The molecule has 3 heterocycles. The van der Waals surface area contributed by atoms with E-state index in [0.717, 1.165) is 18.4 Å². The highest BCUT2D eigenvalue weighted by molar-refractivity contribution is 5.95. The minimum Gasteiger partial charge on any atom is -0.443 e. The van der Waals surface area contributed by atoms with E-state index < -0.39 is 17.1 Å². The molecule has 1 saturated carbocycles. The van der Waals surface area contributed by atoms with Crippen molar-refractivity contribution in [2.75, 3.05) is 30.5 Å². The number of nitrogens with zero attached hydrogens (tertiary/aromatic N) is 6. The summed E-state index contributed by atoms with van der Waals surface area (Å²) in [6, 6.07) is 9.58. The van der Waals surface area contributed by atoms with Gasteiger partial charge in [-0.25, -0.2) is 14.8 Å². The molecule has 0 unspecified atom stereocenters.